The van der Waals surface area contributed by atoms with Gasteiger partial charge in [0.25, 0.3) is 11.6 Å². The average molecular weight is 561 g/mol. The predicted molar refractivity (Wildman–Crippen MR) is 158 cm³/mol. The molecule has 2 heterocycles. The van der Waals surface area contributed by atoms with Crippen LogP contribution in [0.1, 0.15) is 76.5 Å². The van der Waals surface area contributed by atoms with Crippen molar-refractivity contribution in [2.45, 2.75) is 84.0 Å². The van der Waals surface area contributed by atoms with Gasteiger partial charge < -0.3 is 15.0 Å². The second-order valence-electron chi connectivity index (χ2n) is 11.7. The smallest absolute Gasteiger partial charge is 0.328 e. The van der Waals surface area contributed by atoms with Gasteiger partial charge >= 0.3 is 6.03 Å². The zero-order valence-corrected chi connectivity index (χ0v) is 24.9. The molecular weight excluding hydrogens is 516 g/mol. The fourth-order valence-corrected chi connectivity index (χ4v) is 6.64. The van der Waals surface area contributed by atoms with Gasteiger partial charge in [0.2, 0.25) is 5.91 Å². The van der Waals surface area contributed by atoms with E-state index < -0.39 is 17.2 Å². The summed E-state index contributed by atoms with van der Waals surface area (Å²) in [6, 6.07) is 16.9. The van der Waals surface area contributed by atoms with E-state index in [0.29, 0.717) is 44.1 Å². The lowest BCUT2D eigenvalue weighted by molar-refractivity contribution is -0.238. The van der Waals surface area contributed by atoms with Crippen LogP contribution in [0, 0.1) is 12.3 Å². The molecule has 0 spiro atoms. The van der Waals surface area contributed by atoms with Gasteiger partial charge in [-0.1, -0.05) is 75.2 Å². The number of hydrogen-bond acceptors (Lipinski definition) is 5. The summed E-state index contributed by atoms with van der Waals surface area (Å²) in [5.41, 5.74) is -0.834. The molecule has 2 atom stereocenters. The lowest BCUT2D eigenvalue weighted by atomic mass is 9.62. The van der Waals surface area contributed by atoms with E-state index in [4.69, 9.17) is 4.74 Å². The molecule has 0 bridgehead atoms. The van der Waals surface area contributed by atoms with Crippen LogP contribution in [0.3, 0.4) is 0 Å². The normalized spacial score (nSPS) is 23.1. The molecule has 5 rings (SSSR count). The zero-order valence-electron chi connectivity index (χ0n) is 24.9. The minimum atomic E-state index is -1.77. The van der Waals surface area contributed by atoms with E-state index in [1.165, 1.54) is 12.8 Å². The van der Waals surface area contributed by atoms with Crippen molar-refractivity contribution in [1.82, 2.24) is 20.0 Å². The maximum atomic E-state index is 14.7. The number of piperazine rings is 1. The SMILES string of the molecule is CCCC(NC(=O)N1C(=O)C(CC)(CC)C1(Oc1ccccc1)C(=O)N1CCN(C2CC2)CC1)c1ccc(C)cc1. The third-order valence-electron chi connectivity index (χ3n) is 9.30. The van der Waals surface area contributed by atoms with Gasteiger partial charge in [0, 0.05) is 32.2 Å². The molecule has 4 amide bonds. The molecule has 3 fully saturated rings. The monoisotopic (exact) mass is 560 g/mol. The van der Waals surface area contributed by atoms with Crippen LogP contribution in [0.5, 0.6) is 5.75 Å². The summed E-state index contributed by atoms with van der Waals surface area (Å²) in [5.74, 6) is -0.213. The summed E-state index contributed by atoms with van der Waals surface area (Å²) in [6.45, 7) is 10.6. The topological polar surface area (TPSA) is 82.2 Å². The Bertz CT molecular complexity index is 1230. The Balaban J connectivity index is 1.52. The molecule has 2 aromatic rings. The highest BCUT2D eigenvalue weighted by Crippen LogP contribution is 2.55. The summed E-state index contributed by atoms with van der Waals surface area (Å²) in [6.07, 6.45) is 4.73. The number of benzene rings is 2. The molecule has 8 heteroatoms. The van der Waals surface area contributed by atoms with Gasteiger partial charge in [-0.15, -0.1) is 0 Å². The molecule has 8 nitrogen and oxygen atoms in total. The summed E-state index contributed by atoms with van der Waals surface area (Å²) in [5, 5.41) is 3.11. The van der Waals surface area contributed by atoms with Gasteiger partial charge in [-0.3, -0.25) is 14.5 Å². The number of nitrogens with zero attached hydrogens (tertiary/aromatic N) is 3. The maximum Gasteiger partial charge on any atom is 0.328 e. The number of β-lactam (4-membered cyclic amide) rings is 1. The van der Waals surface area contributed by atoms with Crippen LogP contribution in [-0.2, 0) is 9.59 Å². The summed E-state index contributed by atoms with van der Waals surface area (Å²) >= 11 is 0. The first kappa shape index (κ1) is 29.1. The fraction of sp³-hybridized carbons (Fsp3) is 0.545. The van der Waals surface area contributed by atoms with Gasteiger partial charge in [0.05, 0.1) is 6.04 Å². The highest BCUT2D eigenvalue weighted by molar-refractivity contribution is 6.13. The molecule has 2 saturated heterocycles. The standard InChI is InChI=1S/C33H44N4O4/c1-5-11-28(25-16-14-24(4)15-17-25)34-31(40)37-29(38)32(6-2,7-3)33(37,41-27-12-9-8-10-13-27)30(39)36-22-20-35(21-23-36)26-18-19-26/h8-10,12-17,26,28H,5-7,11,18-23H2,1-4H3,(H,34,40). The predicted octanol–water partition coefficient (Wildman–Crippen LogP) is 5.28. The van der Waals surface area contributed by atoms with Crippen molar-refractivity contribution < 1.29 is 19.1 Å². The molecule has 3 aliphatic rings. The molecule has 2 unspecified atom stereocenters. The molecule has 1 saturated carbocycles. The van der Waals surface area contributed by atoms with Crippen LogP contribution in [0.4, 0.5) is 4.79 Å². The Hall–Kier alpha value is -3.39. The van der Waals surface area contributed by atoms with Gasteiger partial charge in [0.1, 0.15) is 11.2 Å². The number of nitrogens with one attached hydrogen (secondary N) is 1. The van der Waals surface area contributed by atoms with Crippen LogP contribution >= 0.6 is 0 Å². The first-order chi connectivity index (χ1) is 19.8. The number of hydrogen-bond donors (Lipinski definition) is 1. The minimum Gasteiger partial charge on any atom is -0.457 e. The number of amides is 4. The highest BCUT2D eigenvalue weighted by Gasteiger charge is 2.78. The lowest BCUT2D eigenvalue weighted by Crippen LogP contribution is -2.87. The molecule has 220 valence electrons. The minimum absolute atomic E-state index is 0.300. The first-order valence-corrected chi connectivity index (χ1v) is 15.3. The van der Waals surface area contributed by atoms with E-state index in [2.05, 4.69) is 17.1 Å². The molecule has 2 aromatic carbocycles. The number of para-hydroxylation sites is 1. The maximum absolute atomic E-state index is 14.7. The van der Waals surface area contributed by atoms with Crippen LogP contribution in [-0.4, -0.2) is 70.5 Å². The van der Waals surface area contributed by atoms with Crippen molar-refractivity contribution >= 4 is 17.8 Å². The largest absolute Gasteiger partial charge is 0.457 e. The molecule has 1 N–H and O–H groups in total. The van der Waals surface area contributed by atoms with E-state index in [1.54, 1.807) is 17.0 Å². The van der Waals surface area contributed by atoms with Crippen LogP contribution in [0.25, 0.3) is 0 Å². The van der Waals surface area contributed by atoms with E-state index in [0.717, 1.165) is 35.5 Å². The molecule has 0 aromatic heterocycles. The Kier molecular flexibility index (Phi) is 8.41. The van der Waals surface area contributed by atoms with Crippen LogP contribution in [0.2, 0.25) is 0 Å². The van der Waals surface area contributed by atoms with Gasteiger partial charge in [-0.25, -0.2) is 9.69 Å². The first-order valence-electron chi connectivity index (χ1n) is 15.3. The molecule has 1 aliphatic carbocycles. The number of carbonyl (C=O) groups is 3. The van der Waals surface area contributed by atoms with Crippen molar-refractivity contribution in [3.8, 4) is 5.75 Å². The molecule has 41 heavy (non-hydrogen) atoms. The number of rotatable bonds is 10. The number of ether oxygens (including phenoxy) is 1. The summed E-state index contributed by atoms with van der Waals surface area (Å²) in [4.78, 5) is 48.3. The Morgan fingerprint density at radius 2 is 1.59 bits per heavy atom. The average Bonchev–Trinajstić information content (AvgIpc) is 3.84. The van der Waals surface area contributed by atoms with E-state index in [9.17, 15) is 14.4 Å². The van der Waals surface area contributed by atoms with Gasteiger partial charge in [-0.05, 0) is 56.7 Å². The Morgan fingerprint density at radius 3 is 2.15 bits per heavy atom. The quantitative estimate of drug-likeness (QED) is 0.400. The summed E-state index contributed by atoms with van der Waals surface area (Å²) in [7, 11) is 0. The number of aryl methyl sites for hydroxylation is 1. The van der Waals surface area contributed by atoms with Crippen molar-refractivity contribution in [2.24, 2.45) is 5.41 Å². The van der Waals surface area contributed by atoms with Crippen LogP contribution < -0.4 is 10.1 Å². The van der Waals surface area contributed by atoms with Crippen LogP contribution in [0.15, 0.2) is 54.6 Å². The van der Waals surface area contributed by atoms with Crippen molar-refractivity contribution in [2.75, 3.05) is 26.2 Å². The van der Waals surface area contributed by atoms with E-state index >= 15 is 0 Å². The molecule has 2 aliphatic heterocycles. The van der Waals surface area contributed by atoms with Crippen molar-refractivity contribution in [1.29, 1.82) is 0 Å². The lowest BCUT2D eigenvalue weighted by Gasteiger charge is -2.61. The third-order valence-corrected chi connectivity index (χ3v) is 9.30. The second-order valence-corrected chi connectivity index (χ2v) is 11.7. The number of imide groups is 1. The van der Waals surface area contributed by atoms with Gasteiger partial charge in [-0.2, -0.15) is 0 Å². The molecule has 0 radical (unpaired) electrons. The summed E-state index contributed by atoms with van der Waals surface area (Å²) < 4.78 is 6.64. The number of carbonyl (C=O) groups excluding carboxylic acids is 3. The highest BCUT2D eigenvalue weighted by atomic mass is 16.5. The molecular formula is C33H44N4O4. The fourth-order valence-electron chi connectivity index (χ4n) is 6.64. The second kappa shape index (κ2) is 11.8. The van der Waals surface area contributed by atoms with E-state index in [1.807, 2.05) is 63.2 Å². The Labute approximate surface area is 244 Å². The van der Waals surface area contributed by atoms with E-state index in [-0.39, 0.29) is 17.9 Å². The van der Waals surface area contributed by atoms with Gasteiger partial charge in [0.15, 0.2) is 0 Å². The zero-order chi connectivity index (χ0) is 29.2. The number of urea groups is 1. The number of likely N-dealkylation sites (tertiary alicyclic amines) is 1. The third kappa shape index (κ3) is 5.11. The van der Waals surface area contributed by atoms with Crippen molar-refractivity contribution in [3.63, 3.8) is 0 Å². The Morgan fingerprint density at radius 1 is 0.951 bits per heavy atom. The van der Waals surface area contributed by atoms with Crippen molar-refractivity contribution in [3.05, 3.63) is 65.7 Å².